The lowest BCUT2D eigenvalue weighted by Crippen LogP contribution is -2.17. The van der Waals surface area contributed by atoms with E-state index >= 15 is 4.39 Å². The average molecular weight is 455 g/mol. The van der Waals surface area contributed by atoms with Crippen molar-refractivity contribution in [1.29, 1.82) is 0 Å². The van der Waals surface area contributed by atoms with Crippen molar-refractivity contribution in [2.75, 3.05) is 15.8 Å². The molecule has 0 aliphatic rings. The molecule has 0 atom stereocenters. The number of hydrogen-bond acceptors (Lipinski definition) is 5. The maximum Gasteiger partial charge on any atom is 0.232 e. The monoisotopic (exact) mass is 454 g/mol. The fourth-order valence-corrected chi connectivity index (χ4v) is 4.48. The third kappa shape index (κ3) is 4.52. The molecule has 0 saturated carbocycles. The number of sulfonamides is 1. The largest absolute Gasteiger partial charge is 0.350 e. The molecular formula is C23H20F2N4O2S. The van der Waals surface area contributed by atoms with Crippen LogP contribution in [0.3, 0.4) is 0 Å². The molecule has 2 aromatic carbocycles. The number of anilines is 3. The van der Waals surface area contributed by atoms with Gasteiger partial charge < -0.3 is 5.32 Å². The van der Waals surface area contributed by atoms with Crippen molar-refractivity contribution < 1.29 is 17.2 Å². The van der Waals surface area contributed by atoms with E-state index in [1.807, 2.05) is 30.3 Å². The van der Waals surface area contributed by atoms with Gasteiger partial charge in [0.25, 0.3) is 0 Å². The summed E-state index contributed by atoms with van der Waals surface area (Å²) in [6.07, 6.45) is 5.25. The molecule has 2 aromatic heterocycles. The summed E-state index contributed by atoms with van der Waals surface area (Å²) in [7, 11) is -3.74. The number of rotatable bonds is 7. The SMILES string of the molecule is CCCS(=O)(=O)Nc1ccc(F)c(Nc2ccnc3ccc(-c4ccncc4)cc23)c1F. The molecule has 0 saturated heterocycles. The van der Waals surface area contributed by atoms with Crippen molar-refractivity contribution in [3.8, 4) is 11.1 Å². The van der Waals surface area contributed by atoms with E-state index in [1.54, 1.807) is 25.4 Å². The average Bonchev–Trinajstić information content (AvgIpc) is 2.79. The van der Waals surface area contributed by atoms with Gasteiger partial charge in [0.1, 0.15) is 11.5 Å². The lowest BCUT2D eigenvalue weighted by molar-refractivity contribution is 0.588. The van der Waals surface area contributed by atoms with E-state index in [4.69, 9.17) is 0 Å². The zero-order valence-electron chi connectivity index (χ0n) is 17.1. The molecule has 0 amide bonds. The molecule has 0 aliphatic carbocycles. The highest BCUT2D eigenvalue weighted by molar-refractivity contribution is 7.92. The normalized spacial score (nSPS) is 11.5. The quantitative estimate of drug-likeness (QED) is 0.387. The molecule has 0 unspecified atom stereocenters. The number of halogens is 2. The van der Waals surface area contributed by atoms with Crippen molar-refractivity contribution in [1.82, 2.24) is 9.97 Å². The molecule has 6 nitrogen and oxygen atoms in total. The molecule has 0 aliphatic heterocycles. The molecule has 2 N–H and O–H groups in total. The first-order chi connectivity index (χ1) is 15.4. The second-order valence-electron chi connectivity index (χ2n) is 7.16. The fraction of sp³-hybridized carbons (Fsp3) is 0.130. The Kier molecular flexibility index (Phi) is 6.00. The van der Waals surface area contributed by atoms with Crippen molar-refractivity contribution in [2.24, 2.45) is 0 Å². The van der Waals surface area contributed by atoms with E-state index in [0.29, 0.717) is 23.0 Å². The van der Waals surface area contributed by atoms with E-state index in [1.165, 1.54) is 6.20 Å². The summed E-state index contributed by atoms with van der Waals surface area (Å²) in [5.41, 5.74) is 2.10. The number of nitrogens with one attached hydrogen (secondary N) is 2. The number of pyridine rings is 2. The molecule has 9 heteroatoms. The number of fused-ring (bicyclic) bond motifs is 1. The third-order valence-corrected chi connectivity index (χ3v) is 6.32. The molecule has 2 heterocycles. The van der Waals surface area contributed by atoms with E-state index in [9.17, 15) is 12.8 Å². The maximum atomic E-state index is 15.1. The molecule has 4 rings (SSSR count). The minimum Gasteiger partial charge on any atom is -0.350 e. The van der Waals surface area contributed by atoms with Gasteiger partial charge in [0.05, 0.1) is 17.0 Å². The lowest BCUT2D eigenvalue weighted by atomic mass is 10.0. The lowest BCUT2D eigenvalue weighted by Gasteiger charge is -2.15. The summed E-state index contributed by atoms with van der Waals surface area (Å²) in [6.45, 7) is 1.70. The second kappa shape index (κ2) is 8.88. The Hall–Kier alpha value is -3.59. The smallest absolute Gasteiger partial charge is 0.232 e. The van der Waals surface area contributed by atoms with Crippen LogP contribution in [0.15, 0.2) is 67.1 Å². The maximum absolute atomic E-state index is 15.1. The summed E-state index contributed by atoms with van der Waals surface area (Å²) in [6, 6.07) is 13.0. The number of nitrogens with zero attached hydrogens (tertiary/aromatic N) is 2. The zero-order valence-corrected chi connectivity index (χ0v) is 18.0. The van der Waals surface area contributed by atoms with Crippen LogP contribution in [-0.2, 0) is 10.0 Å². The van der Waals surface area contributed by atoms with E-state index in [0.717, 1.165) is 23.3 Å². The topological polar surface area (TPSA) is 84.0 Å². The number of benzene rings is 2. The molecule has 0 bridgehead atoms. The summed E-state index contributed by atoms with van der Waals surface area (Å²) < 4.78 is 55.9. The summed E-state index contributed by atoms with van der Waals surface area (Å²) in [4.78, 5) is 8.33. The molecule has 4 aromatic rings. The van der Waals surface area contributed by atoms with Crippen molar-refractivity contribution in [3.05, 3.63) is 78.8 Å². The Morgan fingerprint density at radius 3 is 2.44 bits per heavy atom. The van der Waals surface area contributed by atoms with Crippen LogP contribution in [0, 0.1) is 11.6 Å². The van der Waals surface area contributed by atoms with E-state index in [2.05, 4.69) is 20.0 Å². The minimum atomic E-state index is -3.74. The highest BCUT2D eigenvalue weighted by atomic mass is 32.2. The Balaban J connectivity index is 1.76. The van der Waals surface area contributed by atoms with Crippen molar-refractivity contribution in [2.45, 2.75) is 13.3 Å². The van der Waals surface area contributed by atoms with Crippen LogP contribution < -0.4 is 10.0 Å². The molecule has 0 spiro atoms. The predicted octanol–water partition coefficient (Wildman–Crippen LogP) is 5.47. The molecule has 0 fully saturated rings. The predicted molar refractivity (Wildman–Crippen MR) is 122 cm³/mol. The van der Waals surface area contributed by atoms with Gasteiger partial charge in [-0.3, -0.25) is 14.7 Å². The summed E-state index contributed by atoms with van der Waals surface area (Å²) in [5.74, 6) is -2.05. The zero-order chi connectivity index (χ0) is 22.7. The van der Waals surface area contributed by atoms with Crippen LogP contribution >= 0.6 is 0 Å². The van der Waals surface area contributed by atoms with Crippen molar-refractivity contribution in [3.63, 3.8) is 0 Å². The molecule has 32 heavy (non-hydrogen) atoms. The molecule has 164 valence electrons. The second-order valence-corrected chi connectivity index (χ2v) is 9.00. The first-order valence-electron chi connectivity index (χ1n) is 9.92. The summed E-state index contributed by atoms with van der Waals surface area (Å²) >= 11 is 0. The van der Waals surface area contributed by atoms with Gasteiger partial charge in [0.15, 0.2) is 5.82 Å². The number of aromatic nitrogens is 2. The van der Waals surface area contributed by atoms with Gasteiger partial charge in [-0.05, 0) is 60.0 Å². The van der Waals surface area contributed by atoms with Gasteiger partial charge in [-0.15, -0.1) is 0 Å². The van der Waals surface area contributed by atoms with Crippen LogP contribution in [0.25, 0.3) is 22.0 Å². The van der Waals surface area contributed by atoms with E-state index < -0.39 is 27.3 Å². The Morgan fingerprint density at radius 1 is 0.906 bits per heavy atom. The Bertz CT molecular complexity index is 1380. The third-order valence-electron chi connectivity index (χ3n) is 4.84. The van der Waals surface area contributed by atoms with Gasteiger partial charge in [0, 0.05) is 29.7 Å². The van der Waals surface area contributed by atoms with Gasteiger partial charge in [-0.1, -0.05) is 13.0 Å². The van der Waals surface area contributed by atoms with Crippen LogP contribution in [0.5, 0.6) is 0 Å². The highest BCUT2D eigenvalue weighted by Crippen LogP contribution is 2.33. The van der Waals surface area contributed by atoms with Gasteiger partial charge in [-0.2, -0.15) is 0 Å². The standard InChI is InChI=1S/C23H20F2N4O2S/c1-2-13-32(30,31)29-21-6-4-18(24)23(22(21)25)28-20-9-12-27-19-5-3-16(14-17(19)20)15-7-10-26-11-8-15/h3-12,14,29H,2,13H2,1H3,(H,27,28). The van der Waals surface area contributed by atoms with E-state index in [-0.39, 0.29) is 11.4 Å². The summed E-state index contributed by atoms with van der Waals surface area (Å²) in [5, 5.41) is 3.43. The van der Waals surface area contributed by atoms with Crippen LogP contribution in [0.4, 0.5) is 25.8 Å². The minimum absolute atomic E-state index is 0.167. The highest BCUT2D eigenvalue weighted by Gasteiger charge is 2.19. The van der Waals surface area contributed by atoms with Crippen LogP contribution in [-0.4, -0.2) is 24.1 Å². The first kappa shape index (κ1) is 21.6. The Morgan fingerprint density at radius 2 is 1.69 bits per heavy atom. The van der Waals surface area contributed by atoms with Crippen LogP contribution in [0.2, 0.25) is 0 Å². The van der Waals surface area contributed by atoms with Crippen LogP contribution in [0.1, 0.15) is 13.3 Å². The van der Waals surface area contributed by atoms with Gasteiger partial charge in [0.2, 0.25) is 10.0 Å². The number of hydrogen-bond donors (Lipinski definition) is 2. The molecular weight excluding hydrogens is 434 g/mol. The van der Waals surface area contributed by atoms with Gasteiger partial charge in [-0.25, -0.2) is 17.2 Å². The Labute approximate surface area is 184 Å². The fourth-order valence-electron chi connectivity index (χ4n) is 3.35. The van der Waals surface area contributed by atoms with Crippen molar-refractivity contribution >= 4 is 38.0 Å². The van der Waals surface area contributed by atoms with Gasteiger partial charge >= 0.3 is 0 Å². The molecule has 0 radical (unpaired) electrons. The first-order valence-corrected chi connectivity index (χ1v) is 11.6.